The number of benzene rings is 1. The predicted octanol–water partition coefficient (Wildman–Crippen LogP) is 1.54. The standard InChI is InChI=1S/C14H18N4/c1-10-8-14(18-6-4-16-5-7-18)17-13-9-11(15)2-3-12(10)13/h2-3,8-9,16H,4-7,15H2,1H3. The molecule has 2 aromatic rings. The smallest absolute Gasteiger partial charge is 0.129 e. The highest BCUT2D eigenvalue weighted by Gasteiger charge is 2.13. The SMILES string of the molecule is Cc1cc(N2CCNCC2)nc2cc(N)ccc12. The maximum Gasteiger partial charge on any atom is 0.129 e. The summed E-state index contributed by atoms with van der Waals surface area (Å²) in [5.74, 6) is 1.06. The fraction of sp³-hybridized carbons (Fsp3) is 0.357. The van der Waals surface area contributed by atoms with Crippen LogP contribution in [0.15, 0.2) is 24.3 Å². The van der Waals surface area contributed by atoms with Gasteiger partial charge >= 0.3 is 0 Å². The molecular formula is C14H18N4. The molecule has 2 heterocycles. The average molecular weight is 242 g/mol. The lowest BCUT2D eigenvalue weighted by Gasteiger charge is -2.28. The van der Waals surface area contributed by atoms with Crippen LogP contribution in [0.25, 0.3) is 10.9 Å². The second-order valence-corrected chi connectivity index (χ2v) is 4.81. The summed E-state index contributed by atoms with van der Waals surface area (Å²) in [6.45, 7) is 6.21. The van der Waals surface area contributed by atoms with Gasteiger partial charge in [0.2, 0.25) is 0 Å². The Morgan fingerprint density at radius 3 is 2.78 bits per heavy atom. The number of aromatic nitrogens is 1. The minimum atomic E-state index is 0.770. The van der Waals surface area contributed by atoms with Gasteiger partial charge < -0.3 is 16.0 Å². The molecule has 1 fully saturated rings. The molecule has 0 saturated carbocycles. The highest BCUT2D eigenvalue weighted by Crippen LogP contribution is 2.24. The lowest BCUT2D eigenvalue weighted by molar-refractivity contribution is 0.585. The van der Waals surface area contributed by atoms with Gasteiger partial charge in [-0.3, -0.25) is 0 Å². The third kappa shape index (κ3) is 1.99. The van der Waals surface area contributed by atoms with Gasteiger partial charge in [-0.2, -0.15) is 0 Å². The van der Waals surface area contributed by atoms with Crippen LogP contribution in [0.5, 0.6) is 0 Å². The fourth-order valence-electron chi connectivity index (χ4n) is 2.46. The second-order valence-electron chi connectivity index (χ2n) is 4.81. The number of hydrogen-bond donors (Lipinski definition) is 2. The van der Waals surface area contributed by atoms with E-state index >= 15 is 0 Å². The number of nitrogens with zero attached hydrogens (tertiary/aromatic N) is 2. The van der Waals surface area contributed by atoms with Crippen molar-refractivity contribution in [2.75, 3.05) is 36.8 Å². The lowest BCUT2D eigenvalue weighted by atomic mass is 10.1. The Balaban J connectivity index is 2.07. The number of pyridine rings is 1. The van der Waals surface area contributed by atoms with Gasteiger partial charge in [0.1, 0.15) is 5.82 Å². The van der Waals surface area contributed by atoms with E-state index in [1.54, 1.807) is 0 Å². The van der Waals surface area contributed by atoms with Gasteiger partial charge in [-0.15, -0.1) is 0 Å². The first-order valence-electron chi connectivity index (χ1n) is 6.36. The van der Waals surface area contributed by atoms with Crippen molar-refractivity contribution in [3.8, 4) is 0 Å². The van der Waals surface area contributed by atoms with E-state index in [1.165, 1.54) is 10.9 Å². The number of anilines is 2. The molecule has 4 heteroatoms. The zero-order chi connectivity index (χ0) is 12.5. The maximum atomic E-state index is 5.84. The van der Waals surface area contributed by atoms with E-state index in [2.05, 4.69) is 29.3 Å². The summed E-state index contributed by atoms with van der Waals surface area (Å²) < 4.78 is 0. The molecule has 1 aromatic carbocycles. The molecule has 1 saturated heterocycles. The molecule has 3 rings (SSSR count). The largest absolute Gasteiger partial charge is 0.399 e. The van der Waals surface area contributed by atoms with Crippen molar-refractivity contribution in [3.63, 3.8) is 0 Å². The van der Waals surface area contributed by atoms with Crippen molar-refractivity contribution < 1.29 is 0 Å². The van der Waals surface area contributed by atoms with Crippen molar-refractivity contribution in [1.82, 2.24) is 10.3 Å². The van der Waals surface area contributed by atoms with Gasteiger partial charge in [-0.25, -0.2) is 4.98 Å². The van der Waals surface area contributed by atoms with Crippen LogP contribution in [0.4, 0.5) is 11.5 Å². The Bertz CT molecular complexity index is 573. The molecule has 0 aliphatic carbocycles. The summed E-state index contributed by atoms with van der Waals surface area (Å²) >= 11 is 0. The molecule has 0 radical (unpaired) electrons. The number of fused-ring (bicyclic) bond motifs is 1. The first-order chi connectivity index (χ1) is 8.74. The molecule has 1 aliphatic heterocycles. The summed E-state index contributed by atoms with van der Waals surface area (Å²) in [7, 11) is 0. The Morgan fingerprint density at radius 1 is 1.22 bits per heavy atom. The van der Waals surface area contributed by atoms with E-state index < -0.39 is 0 Å². The highest BCUT2D eigenvalue weighted by atomic mass is 15.2. The van der Waals surface area contributed by atoms with Crippen LogP contribution >= 0.6 is 0 Å². The molecular weight excluding hydrogens is 224 g/mol. The van der Waals surface area contributed by atoms with E-state index in [1.807, 2.05) is 12.1 Å². The molecule has 1 aliphatic rings. The van der Waals surface area contributed by atoms with Crippen LogP contribution in [-0.4, -0.2) is 31.2 Å². The molecule has 18 heavy (non-hydrogen) atoms. The topological polar surface area (TPSA) is 54.2 Å². The van der Waals surface area contributed by atoms with Gasteiger partial charge in [-0.1, -0.05) is 6.07 Å². The quantitative estimate of drug-likeness (QED) is 0.745. The molecule has 3 N–H and O–H groups in total. The molecule has 1 aromatic heterocycles. The number of nitrogens with two attached hydrogens (primary N) is 1. The Hall–Kier alpha value is -1.81. The van der Waals surface area contributed by atoms with Crippen LogP contribution in [-0.2, 0) is 0 Å². The summed E-state index contributed by atoms with van der Waals surface area (Å²) in [4.78, 5) is 7.06. The number of piperazine rings is 1. The van der Waals surface area contributed by atoms with Gasteiger partial charge in [-0.05, 0) is 30.7 Å². The molecule has 94 valence electrons. The van der Waals surface area contributed by atoms with Crippen molar-refractivity contribution in [3.05, 3.63) is 29.8 Å². The lowest BCUT2D eigenvalue weighted by Crippen LogP contribution is -2.43. The Labute approximate surface area is 107 Å². The highest BCUT2D eigenvalue weighted by molar-refractivity contribution is 5.86. The molecule has 4 nitrogen and oxygen atoms in total. The molecule has 0 spiro atoms. The number of hydrogen-bond acceptors (Lipinski definition) is 4. The van der Waals surface area contributed by atoms with Crippen LogP contribution in [0.3, 0.4) is 0 Å². The van der Waals surface area contributed by atoms with Crippen LogP contribution in [0.1, 0.15) is 5.56 Å². The zero-order valence-corrected chi connectivity index (χ0v) is 10.6. The van der Waals surface area contributed by atoms with Crippen molar-refractivity contribution in [2.45, 2.75) is 6.92 Å². The van der Waals surface area contributed by atoms with Gasteiger partial charge in [0.25, 0.3) is 0 Å². The monoisotopic (exact) mass is 242 g/mol. The van der Waals surface area contributed by atoms with Crippen molar-refractivity contribution in [1.29, 1.82) is 0 Å². The normalized spacial score (nSPS) is 16.2. The first kappa shape index (κ1) is 11.3. The minimum Gasteiger partial charge on any atom is -0.399 e. The summed E-state index contributed by atoms with van der Waals surface area (Å²) in [5.41, 5.74) is 8.86. The first-order valence-corrected chi connectivity index (χ1v) is 6.36. The van der Waals surface area contributed by atoms with Gasteiger partial charge in [0, 0.05) is 37.3 Å². The van der Waals surface area contributed by atoms with E-state index in [9.17, 15) is 0 Å². The van der Waals surface area contributed by atoms with E-state index in [4.69, 9.17) is 10.7 Å². The van der Waals surface area contributed by atoms with E-state index in [0.717, 1.165) is 43.2 Å². The van der Waals surface area contributed by atoms with Gasteiger partial charge in [0.15, 0.2) is 0 Å². The maximum absolute atomic E-state index is 5.84. The molecule has 0 amide bonds. The number of nitrogens with one attached hydrogen (secondary N) is 1. The van der Waals surface area contributed by atoms with Crippen LogP contribution in [0, 0.1) is 6.92 Å². The third-order valence-electron chi connectivity index (χ3n) is 3.47. The number of aryl methyl sites for hydroxylation is 1. The number of rotatable bonds is 1. The van der Waals surface area contributed by atoms with Crippen molar-refractivity contribution in [2.24, 2.45) is 0 Å². The minimum absolute atomic E-state index is 0.770. The van der Waals surface area contributed by atoms with Crippen LogP contribution < -0.4 is 16.0 Å². The molecule has 0 bridgehead atoms. The Kier molecular flexibility index (Phi) is 2.80. The van der Waals surface area contributed by atoms with Crippen molar-refractivity contribution >= 4 is 22.4 Å². The summed E-state index contributed by atoms with van der Waals surface area (Å²) in [6, 6.07) is 8.11. The second kappa shape index (κ2) is 4.46. The Morgan fingerprint density at radius 2 is 2.00 bits per heavy atom. The average Bonchev–Trinajstić information content (AvgIpc) is 2.39. The van der Waals surface area contributed by atoms with E-state index in [-0.39, 0.29) is 0 Å². The molecule has 0 atom stereocenters. The fourth-order valence-corrected chi connectivity index (χ4v) is 2.46. The van der Waals surface area contributed by atoms with Gasteiger partial charge in [0.05, 0.1) is 5.52 Å². The number of nitrogen functional groups attached to an aromatic ring is 1. The summed E-state index contributed by atoms with van der Waals surface area (Å²) in [5, 5.41) is 4.54. The zero-order valence-electron chi connectivity index (χ0n) is 10.6. The van der Waals surface area contributed by atoms with Crippen LogP contribution in [0.2, 0.25) is 0 Å². The molecule has 0 unspecified atom stereocenters. The summed E-state index contributed by atoms with van der Waals surface area (Å²) in [6.07, 6.45) is 0. The third-order valence-corrected chi connectivity index (χ3v) is 3.47. The van der Waals surface area contributed by atoms with E-state index in [0.29, 0.717) is 0 Å². The predicted molar refractivity (Wildman–Crippen MR) is 76.0 cm³/mol.